The first kappa shape index (κ1) is 12.5. The molecule has 1 fully saturated rings. The Morgan fingerprint density at radius 2 is 2.10 bits per heavy atom. The summed E-state index contributed by atoms with van der Waals surface area (Å²) in [6.45, 7) is 7.31. The molecule has 4 atom stereocenters. The summed E-state index contributed by atoms with van der Waals surface area (Å²) in [5, 5.41) is 1.46. The molecular formula is C18H24N2. The second kappa shape index (κ2) is 4.63. The van der Waals surface area contributed by atoms with Crippen molar-refractivity contribution in [3.05, 3.63) is 35.5 Å². The van der Waals surface area contributed by atoms with Crippen LogP contribution in [0.5, 0.6) is 0 Å². The molecule has 1 saturated heterocycles. The fraction of sp³-hybridized carbons (Fsp3) is 0.556. The molecule has 2 bridgehead atoms. The SMILES string of the molecule is CCC1CC[N@]2CCc3c([nH]c4ccccc34)[C@H]1C2C. The lowest BCUT2D eigenvalue weighted by atomic mass is 9.76. The normalized spacial score (nSPS) is 32.9. The number of aromatic nitrogens is 1. The Labute approximate surface area is 121 Å². The molecule has 1 N–H and O–H groups in total. The van der Waals surface area contributed by atoms with Crippen LogP contribution in [0, 0.1) is 5.92 Å². The van der Waals surface area contributed by atoms with Crippen LogP contribution in [-0.2, 0) is 6.42 Å². The van der Waals surface area contributed by atoms with Crippen LogP contribution in [0.25, 0.3) is 10.9 Å². The molecular weight excluding hydrogens is 244 g/mol. The highest BCUT2D eigenvalue weighted by molar-refractivity contribution is 5.85. The molecule has 3 heterocycles. The number of piperidine rings is 1. The third kappa shape index (κ3) is 1.67. The van der Waals surface area contributed by atoms with Crippen molar-refractivity contribution >= 4 is 10.9 Å². The molecule has 2 unspecified atom stereocenters. The van der Waals surface area contributed by atoms with Gasteiger partial charge in [-0.3, -0.25) is 4.90 Å². The minimum Gasteiger partial charge on any atom is -0.358 e. The molecule has 0 radical (unpaired) electrons. The summed E-state index contributed by atoms with van der Waals surface area (Å²) < 4.78 is 0. The van der Waals surface area contributed by atoms with Crippen molar-refractivity contribution < 1.29 is 0 Å². The highest BCUT2D eigenvalue weighted by atomic mass is 15.2. The van der Waals surface area contributed by atoms with Gasteiger partial charge in [0.25, 0.3) is 0 Å². The quantitative estimate of drug-likeness (QED) is 0.830. The summed E-state index contributed by atoms with van der Waals surface area (Å²) in [6, 6.07) is 9.53. The third-order valence-corrected chi connectivity index (χ3v) is 5.74. The number of hydrogen-bond acceptors (Lipinski definition) is 1. The van der Waals surface area contributed by atoms with Crippen molar-refractivity contribution in [3.63, 3.8) is 0 Å². The summed E-state index contributed by atoms with van der Waals surface area (Å²) in [4.78, 5) is 6.49. The zero-order chi connectivity index (χ0) is 13.7. The highest BCUT2D eigenvalue weighted by Crippen LogP contribution is 2.43. The van der Waals surface area contributed by atoms with E-state index >= 15 is 0 Å². The van der Waals surface area contributed by atoms with Gasteiger partial charge < -0.3 is 4.98 Å². The van der Waals surface area contributed by atoms with Crippen molar-refractivity contribution in [1.82, 2.24) is 9.88 Å². The first-order valence-corrected chi connectivity index (χ1v) is 8.13. The Hall–Kier alpha value is -1.28. The lowest BCUT2D eigenvalue weighted by molar-refractivity contribution is 0.102. The standard InChI is InChI=1S/C18H24N2/c1-3-13-8-10-20-11-9-15-14-6-4-5-7-16(14)19-18(15)17(13)12(20)2/h4-7,12-13,17,19H,3,8-11H2,1-2H3/t12?,13?,17-/m0/s1. The van der Waals surface area contributed by atoms with E-state index in [4.69, 9.17) is 0 Å². The van der Waals surface area contributed by atoms with Crippen molar-refractivity contribution in [1.29, 1.82) is 0 Å². The maximum Gasteiger partial charge on any atom is 0.0459 e. The first-order valence-electron chi connectivity index (χ1n) is 8.13. The average Bonchev–Trinajstić information content (AvgIpc) is 2.80. The molecule has 2 heteroatoms. The summed E-state index contributed by atoms with van der Waals surface area (Å²) in [6.07, 6.45) is 3.87. The Morgan fingerprint density at radius 1 is 1.25 bits per heavy atom. The molecule has 2 aliphatic rings. The number of nitrogens with one attached hydrogen (secondary N) is 1. The van der Waals surface area contributed by atoms with E-state index < -0.39 is 0 Å². The molecule has 0 saturated carbocycles. The molecule has 1 aromatic heterocycles. The zero-order valence-electron chi connectivity index (χ0n) is 12.5. The van der Waals surface area contributed by atoms with Gasteiger partial charge in [0.05, 0.1) is 0 Å². The van der Waals surface area contributed by atoms with Gasteiger partial charge in [-0.1, -0.05) is 31.5 Å². The van der Waals surface area contributed by atoms with Gasteiger partial charge in [-0.15, -0.1) is 0 Å². The summed E-state index contributed by atoms with van der Waals surface area (Å²) in [5.41, 5.74) is 4.48. The van der Waals surface area contributed by atoms with Gasteiger partial charge in [0.15, 0.2) is 0 Å². The number of rotatable bonds is 1. The van der Waals surface area contributed by atoms with Crippen molar-refractivity contribution in [2.24, 2.45) is 5.92 Å². The van der Waals surface area contributed by atoms with Crippen molar-refractivity contribution in [2.45, 2.75) is 45.1 Å². The van der Waals surface area contributed by atoms with Crippen LogP contribution in [0.15, 0.2) is 24.3 Å². The monoisotopic (exact) mass is 268 g/mol. The molecule has 2 aliphatic heterocycles. The average molecular weight is 268 g/mol. The largest absolute Gasteiger partial charge is 0.358 e. The Bertz CT molecular complexity index is 627. The molecule has 20 heavy (non-hydrogen) atoms. The summed E-state index contributed by atoms with van der Waals surface area (Å²) >= 11 is 0. The molecule has 2 aromatic rings. The van der Waals surface area contributed by atoms with E-state index in [1.165, 1.54) is 43.3 Å². The minimum absolute atomic E-state index is 0.683. The van der Waals surface area contributed by atoms with Gasteiger partial charge in [-0.25, -0.2) is 0 Å². The number of H-pyrrole nitrogens is 1. The molecule has 106 valence electrons. The van der Waals surface area contributed by atoms with E-state index in [2.05, 4.69) is 48.0 Å². The topological polar surface area (TPSA) is 19.0 Å². The number of nitrogens with zero attached hydrogens (tertiary/aromatic N) is 1. The van der Waals surface area contributed by atoms with Crippen LogP contribution in [0.2, 0.25) is 0 Å². The van der Waals surface area contributed by atoms with Gasteiger partial charge >= 0.3 is 0 Å². The predicted octanol–water partition coefficient (Wildman–Crippen LogP) is 3.93. The number of benzene rings is 1. The fourth-order valence-corrected chi connectivity index (χ4v) is 4.62. The van der Waals surface area contributed by atoms with Crippen LogP contribution in [0.3, 0.4) is 0 Å². The summed E-state index contributed by atoms with van der Waals surface area (Å²) in [7, 11) is 0. The maximum atomic E-state index is 3.78. The van der Waals surface area contributed by atoms with Crippen molar-refractivity contribution in [3.8, 4) is 0 Å². The van der Waals surface area contributed by atoms with E-state index in [-0.39, 0.29) is 0 Å². The van der Waals surface area contributed by atoms with Crippen LogP contribution in [-0.4, -0.2) is 29.0 Å². The van der Waals surface area contributed by atoms with Crippen LogP contribution in [0.4, 0.5) is 0 Å². The van der Waals surface area contributed by atoms with E-state index in [1.54, 1.807) is 11.3 Å². The first-order chi connectivity index (χ1) is 9.79. The summed E-state index contributed by atoms with van der Waals surface area (Å²) in [5.74, 6) is 1.53. The lowest BCUT2D eigenvalue weighted by Crippen LogP contribution is -2.45. The van der Waals surface area contributed by atoms with E-state index in [0.717, 1.165) is 5.92 Å². The van der Waals surface area contributed by atoms with Gasteiger partial charge in [0.1, 0.15) is 0 Å². The number of fused-ring (bicyclic) bond motifs is 6. The van der Waals surface area contributed by atoms with Gasteiger partial charge in [0, 0.05) is 35.1 Å². The smallest absolute Gasteiger partial charge is 0.0459 e. The van der Waals surface area contributed by atoms with Gasteiger partial charge in [-0.05, 0) is 43.9 Å². The maximum absolute atomic E-state index is 3.78. The predicted molar refractivity (Wildman–Crippen MR) is 84.2 cm³/mol. The molecule has 2 nitrogen and oxygen atoms in total. The molecule has 0 aliphatic carbocycles. The van der Waals surface area contributed by atoms with Gasteiger partial charge in [-0.2, -0.15) is 0 Å². The minimum atomic E-state index is 0.683. The molecule has 0 spiro atoms. The van der Waals surface area contributed by atoms with E-state index in [1.807, 2.05) is 0 Å². The van der Waals surface area contributed by atoms with E-state index in [9.17, 15) is 0 Å². The lowest BCUT2D eigenvalue weighted by Gasteiger charge is -2.42. The molecule has 0 amide bonds. The molecule has 1 aromatic carbocycles. The van der Waals surface area contributed by atoms with Crippen molar-refractivity contribution in [2.75, 3.05) is 13.1 Å². The zero-order valence-corrected chi connectivity index (χ0v) is 12.5. The third-order valence-electron chi connectivity index (χ3n) is 5.74. The Balaban J connectivity index is 1.91. The van der Waals surface area contributed by atoms with Crippen LogP contribution in [0.1, 0.15) is 43.9 Å². The number of para-hydroxylation sites is 1. The Morgan fingerprint density at radius 3 is 2.95 bits per heavy atom. The fourth-order valence-electron chi connectivity index (χ4n) is 4.62. The number of aromatic amines is 1. The van der Waals surface area contributed by atoms with Crippen LogP contribution < -0.4 is 0 Å². The second-order valence-corrected chi connectivity index (χ2v) is 6.57. The Kier molecular flexibility index (Phi) is 2.88. The van der Waals surface area contributed by atoms with E-state index in [0.29, 0.717) is 12.0 Å². The van der Waals surface area contributed by atoms with Crippen LogP contribution >= 0.6 is 0 Å². The molecule has 4 rings (SSSR count). The second-order valence-electron chi connectivity index (χ2n) is 6.57. The van der Waals surface area contributed by atoms with Gasteiger partial charge in [0.2, 0.25) is 0 Å². The number of hydrogen-bond donors (Lipinski definition) is 1. The highest BCUT2D eigenvalue weighted by Gasteiger charge is 2.39.